The van der Waals surface area contributed by atoms with Gasteiger partial charge in [0.05, 0.1) is 12.7 Å². The summed E-state index contributed by atoms with van der Waals surface area (Å²) in [5.41, 5.74) is 1.80. The van der Waals surface area contributed by atoms with E-state index in [0.29, 0.717) is 18.4 Å². The van der Waals surface area contributed by atoms with Crippen LogP contribution in [0, 0.1) is 17.8 Å². The number of aliphatic hydroxyl groups excluding tert-OH is 1. The summed E-state index contributed by atoms with van der Waals surface area (Å²) in [6.45, 7) is 4.70. The van der Waals surface area contributed by atoms with E-state index in [1.54, 1.807) is 0 Å². The summed E-state index contributed by atoms with van der Waals surface area (Å²) in [5, 5.41) is 15.6. The molecule has 3 N–H and O–H groups in total. The van der Waals surface area contributed by atoms with E-state index in [1.807, 2.05) is 38.1 Å². The first-order chi connectivity index (χ1) is 11.6. The monoisotopic (exact) mass is 332 g/mol. The standard InChI is InChI=1S/C19H28N2O3/c1-12(2)24-11-13-4-3-5-16(8-13)20-19(23)21-18-15-7-6-14(9-15)17(18)10-22/h3-5,8,12,14-15,17-18,22H,6-7,9-11H2,1-2H3,(H2,20,21,23). The lowest BCUT2D eigenvalue weighted by molar-refractivity contribution is 0.0657. The second-order valence-corrected chi connectivity index (χ2v) is 7.36. The van der Waals surface area contributed by atoms with Gasteiger partial charge in [0.25, 0.3) is 0 Å². The Balaban J connectivity index is 1.56. The number of fused-ring (bicyclic) bond motifs is 2. The third-order valence-corrected chi connectivity index (χ3v) is 5.37. The van der Waals surface area contributed by atoms with Gasteiger partial charge in [0, 0.05) is 24.3 Å². The molecule has 0 spiro atoms. The first-order valence-corrected chi connectivity index (χ1v) is 8.95. The first kappa shape index (κ1) is 17.2. The molecule has 2 fully saturated rings. The summed E-state index contributed by atoms with van der Waals surface area (Å²) in [4.78, 5) is 12.3. The van der Waals surface area contributed by atoms with Crippen molar-refractivity contribution >= 4 is 11.7 Å². The van der Waals surface area contributed by atoms with Crippen LogP contribution in [0.5, 0.6) is 0 Å². The van der Waals surface area contributed by atoms with Gasteiger partial charge in [0.2, 0.25) is 0 Å². The molecule has 0 aromatic heterocycles. The number of hydrogen-bond acceptors (Lipinski definition) is 3. The molecular formula is C19H28N2O3. The van der Waals surface area contributed by atoms with Gasteiger partial charge in [-0.3, -0.25) is 0 Å². The lowest BCUT2D eigenvalue weighted by Gasteiger charge is -2.30. The molecule has 4 unspecified atom stereocenters. The highest BCUT2D eigenvalue weighted by Crippen LogP contribution is 2.48. The number of benzene rings is 1. The van der Waals surface area contributed by atoms with Crippen molar-refractivity contribution in [2.75, 3.05) is 11.9 Å². The van der Waals surface area contributed by atoms with Crippen molar-refractivity contribution in [1.82, 2.24) is 5.32 Å². The summed E-state index contributed by atoms with van der Waals surface area (Å²) < 4.78 is 5.60. The van der Waals surface area contributed by atoms with Gasteiger partial charge in [-0.1, -0.05) is 12.1 Å². The summed E-state index contributed by atoms with van der Waals surface area (Å²) in [6.07, 6.45) is 3.66. The zero-order valence-electron chi connectivity index (χ0n) is 14.5. The third-order valence-electron chi connectivity index (χ3n) is 5.37. The molecule has 2 aliphatic carbocycles. The van der Waals surface area contributed by atoms with E-state index in [0.717, 1.165) is 24.1 Å². The molecule has 1 aromatic rings. The van der Waals surface area contributed by atoms with Crippen LogP contribution in [0.3, 0.4) is 0 Å². The molecule has 24 heavy (non-hydrogen) atoms. The van der Waals surface area contributed by atoms with E-state index < -0.39 is 0 Å². The molecule has 5 heteroatoms. The van der Waals surface area contributed by atoms with Gasteiger partial charge in [0.15, 0.2) is 0 Å². The molecule has 2 aliphatic rings. The fourth-order valence-electron chi connectivity index (χ4n) is 4.22. The number of rotatable bonds is 6. The van der Waals surface area contributed by atoms with Crippen LogP contribution in [0.4, 0.5) is 10.5 Å². The quantitative estimate of drug-likeness (QED) is 0.749. The van der Waals surface area contributed by atoms with Crippen LogP contribution in [-0.4, -0.2) is 29.9 Å². The van der Waals surface area contributed by atoms with Gasteiger partial charge in [0.1, 0.15) is 0 Å². The van der Waals surface area contributed by atoms with Crippen molar-refractivity contribution in [2.24, 2.45) is 17.8 Å². The molecule has 2 bridgehead atoms. The van der Waals surface area contributed by atoms with Crippen LogP contribution in [0.25, 0.3) is 0 Å². The number of aliphatic hydroxyl groups is 1. The first-order valence-electron chi connectivity index (χ1n) is 8.95. The van der Waals surface area contributed by atoms with Gasteiger partial charge in [-0.15, -0.1) is 0 Å². The molecule has 2 amide bonds. The maximum Gasteiger partial charge on any atom is 0.319 e. The molecule has 5 nitrogen and oxygen atoms in total. The zero-order chi connectivity index (χ0) is 17.1. The Morgan fingerprint density at radius 2 is 2.12 bits per heavy atom. The van der Waals surface area contributed by atoms with E-state index in [4.69, 9.17) is 4.74 Å². The van der Waals surface area contributed by atoms with Gasteiger partial charge in [-0.05, 0) is 62.6 Å². The molecule has 2 saturated carbocycles. The normalized spacial score (nSPS) is 28.3. The Labute approximate surface area is 143 Å². The number of hydrogen-bond donors (Lipinski definition) is 3. The third kappa shape index (κ3) is 3.90. The topological polar surface area (TPSA) is 70.6 Å². The Morgan fingerprint density at radius 3 is 2.88 bits per heavy atom. The van der Waals surface area contributed by atoms with E-state index in [-0.39, 0.29) is 30.7 Å². The lowest BCUT2D eigenvalue weighted by atomic mass is 9.85. The van der Waals surface area contributed by atoms with Crippen molar-refractivity contribution in [3.05, 3.63) is 29.8 Å². The Bertz CT molecular complexity index is 575. The number of nitrogens with one attached hydrogen (secondary N) is 2. The number of carbonyl (C=O) groups excluding carboxylic acids is 1. The van der Waals surface area contributed by atoms with Gasteiger partial charge >= 0.3 is 6.03 Å². The average Bonchev–Trinajstić information content (AvgIpc) is 3.14. The van der Waals surface area contributed by atoms with Crippen molar-refractivity contribution in [3.63, 3.8) is 0 Å². The van der Waals surface area contributed by atoms with Gasteiger partial charge in [-0.25, -0.2) is 4.79 Å². The summed E-state index contributed by atoms with van der Waals surface area (Å²) in [7, 11) is 0. The number of ether oxygens (including phenoxy) is 1. The Kier molecular flexibility index (Phi) is 5.41. The van der Waals surface area contributed by atoms with Gasteiger partial charge in [-0.2, -0.15) is 0 Å². The number of amides is 2. The molecular weight excluding hydrogens is 304 g/mol. The molecule has 4 atom stereocenters. The lowest BCUT2D eigenvalue weighted by Crippen LogP contribution is -2.46. The van der Waals surface area contributed by atoms with Crippen LogP contribution in [0.2, 0.25) is 0 Å². The van der Waals surface area contributed by atoms with Crippen LogP contribution in [0.15, 0.2) is 24.3 Å². The molecule has 1 aromatic carbocycles. The maximum absolute atomic E-state index is 12.3. The Hall–Kier alpha value is -1.59. The number of anilines is 1. The minimum absolute atomic E-state index is 0.0983. The molecule has 0 aliphatic heterocycles. The second-order valence-electron chi connectivity index (χ2n) is 7.36. The number of urea groups is 1. The van der Waals surface area contributed by atoms with Crippen molar-refractivity contribution in [2.45, 2.75) is 51.9 Å². The highest BCUT2D eigenvalue weighted by Gasteiger charge is 2.47. The van der Waals surface area contributed by atoms with Crippen LogP contribution >= 0.6 is 0 Å². The predicted octanol–water partition coefficient (Wildman–Crippen LogP) is 3.14. The Morgan fingerprint density at radius 1 is 1.33 bits per heavy atom. The second kappa shape index (κ2) is 7.53. The van der Waals surface area contributed by atoms with Crippen molar-refractivity contribution in [3.8, 4) is 0 Å². The van der Waals surface area contributed by atoms with Crippen LogP contribution < -0.4 is 10.6 Å². The van der Waals surface area contributed by atoms with Gasteiger partial charge < -0.3 is 20.5 Å². The molecule has 0 radical (unpaired) electrons. The molecule has 132 valence electrons. The van der Waals surface area contributed by atoms with E-state index in [1.165, 1.54) is 6.42 Å². The molecule has 0 heterocycles. The molecule has 3 rings (SSSR count). The SMILES string of the molecule is CC(C)OCc1cccc(NC(=O)NC2C3CCC(C3)C2CO)c1. The smallest absolute Gasteiger partial charge is 0.319 e. The molecule has 0 saturated heterocycles. The predicted molar refractivity (Wildman–Crippen MR) is 93.7 cm³/mol. The fraction of sp³-hybridized carbons (Fsp3) is 0.632. The van der Waals surface area contributed by atoms with Crippen LogP contribution in [-0.2, 0) is 11.3 Å². The maximum atomic E-state index is 12.3. The highest BCUT2D eigenvalue weighted by molar-refractivity contribution is 5.89. The minimum atomic E-state index is -0.187. The zero-order valence-corrected chi connectivity index (χ0v) is 14.5. The fourth-order valence-corrected chi connectivity index (χ4v) is 4.22. The highest BCUT2D eigenvalue weighted by atomic mass is 16.5. The average molecular weight is 332 g/mol. The summed E-state index contributed by atoms with van der Waals surface area (Å²) in [5.74, 6) is 1.30. The summed E-state index contributed by atoms with van der Waals surface area (Å²) >= 11 is 0. The van der Waals surface area contributed by atoms with E-state index >= 15 is 0 Å². The number of carbonyl (C=O) groups is 1. The van der Waals surface area contributed by atoms with Crippen molar-refractivity contribution < 1.29 is 14.6 Å². The largest absolute Gasteiger partial charge is 0.396 e. The van der Waals surface area contributed by atoms with E-state index in [2.05, 4.69) is 10.6 Å². The van der Waals surface area contributed by atoms with Crippen LogP contribution in [0.1, 0.15) is 38.7 Å². The summed E-state index contributed by atoms with van der Waals surface area (Å²) in [6, 6.07) is 7.63. The minimum Gasteiger partial charge on any atom is -0.396 e. The van der Waals surface area contributed by atoms with Crippen molar-refractivity contribution in [1.29, 1.82) is 0 Å². The van der Waals surface area contributed by atoms with E-state index in [9.17, 15) is 9.90 Å².